The van der Waals surface area contributed by atoms with Crippen molar-refractivity contribution in [2.45, 2.75) is 19.4 Å². The van der Waals surface area contributed by atoms with Crippen molar-refractivity contribution in [3.8, 4) is 6.07 Å². The summed E-state index contributed by atoms with van der Waals surface area (Å²) in [6.07, 6.45) is 2.45. The van der Waals surface area contributed by atoms with Gasteiger partial charge in [0.2, 0.25) is 0 Å². The summed E-state index contributed by atoms with van der Waals surface area (Å²) in [5, 5.41) is 8.46. The molecule has 0 spiro atoms. The fraction of sp³-hybridized carbons (Fsp3) is 0.429. The normalized spacial score (nSPS) is 24.7. The van der Waals surface area contributed by atoms with E-state index in [9.17, 15) is 0 Å². The minimum atomic E-state index is -0.185. The standard InChI is InChI=1S/C7H9N3/c1-5-2-6(9)7(3-8)10-4-5/h4,6H,2,9H2,1H3. The van der Waals surface area contributed by atoms with Crippen molar-refractivity contribution in [3.63, 3.8) is 0 Å². The Kier molecular flexibility index (Phi) is 1.83. The molecule has 0 aliphatic carbocycles. The summed E-state index contributed by atoms with van der Waals surface area (Å²) in [5.41, 5.74) is 7.15. The number of rotatable bonds is 0. The van der Waals surface area contributed by atoms with Gasteiger partial charge >= 0.3 is 0 Å². The zero-order chi connectivity index (χ0) is 7.56. The van der Waals surface area contributed by atoms with Crippen LogP contribution in [-0.2, 0) is 0 Å². The number of hydrogen-bond donors (Lipinski definition) is 1. The average Bonchev–Trinajstić information content (AvgIpc) is 1.88. The monoisotopic (exact) mass is 135 g/mol. The molecule has 10 heavy (non-hydrogen) atoms. The van der Waals surface area contributed by atoms with Crippen molar-refractivity contribution in [2.24, 2.45) is 10.7 Å². The molecule has 0 bridgehead atoms. The van der Waals surface area contributed by atoms with Gasteiger partial charge in [0.1, 0.15) is 11.8 Å². The number of nitrogens with two attached hydrogens (primary N) is 1. The molecule has 0 aromatic heterocycles. The Bertz CT molecular complexity index is 232. The predicted octanol–water partition coefficient (Wildman–Crippen LogP) is 0.586. The zero-order valence-corrected chi connectivity index (χ0v) is 5.83. The summed E-state index contributed by atoms with van der Waals surface area (Å²) >= 11 is 0. The van der Waals surface area contributed by atoms with Crippen molar-refractivity contribution in [1.82, 2.24) is 0 Å². The van der Waals surface area contributed by atoms with Crippen LogP contribution in [0.25, 0.3) is 0 Å². The Morgan fingerprint density at radius 3 is 3.10 bits per heavy atom. The summed E-state index contributed by atoms with van der Waals surface area (Å²) in [7, 11) is 0. The second-order valence-electron chi connectivity index (χ2n) is 2.41. The molecule has 1 aliphatic rings. The number of nitrogens with zero attached hydrogens (tertiary/aromatic N) is 2. The SMILES string of the molecule is CC1=CN=C(C#N)C(N)C1. The first-order valence-corrected chi connectivity index (χ1v) is 3.13. The van der Waals surface area contributed by atoms with Crippen LogP contribution < -0.4 is 5.73 Å². The van der Waals surface area contributed by atoms with E-state index in [0.717, 1.165) is 12.0 Å². The maximum atomic E-state index is 8.46. The summed E-state index contributed by atoms with van der Waals surface area (Å²) in [4.78, 5) is 3.88. The maximum absolute atomic E-state index is 8.46. The molecule has 1 unspecified atom stereocenters. The third-order valence-corrected chi connectivity index (χ3v) is 1.43. The van der Waals surface area contributed by atoms with E-state index in [1.165, 1.54) is 0 Å². The first-order chi connectivity index (χ1) is 4.74. The molecule has 0 saturated heterocycles. The molecule has 0 aromatic rings. The lowest BCUT2D eigenvalue weighted by Crippen LogP contribution is -2.31. The molecule has 1 rings (SSSR count). The van der Waals surface area contributed by atoms with Crippen LogP contribution in [0.4, 0.5) is 0 Å². The highest BCUT2D eigenvalue weighted by Crippen LogP contribution is 2.09. The van der Waals surface area contributed by atoms with Crippen LogP contribution in [0.1, 0.15) is 13.3 Å². The summed E-state index contributed by atoms with van der Waals surface area (Å²) in [6, 6.07) is 1.77. The highest BCUT2D eigenvalue weighted by Gasteiger charge is 2.13. The Labute approximate surface area is 59.9 Å². The van der Waals surface area contributed by atoms with Crippen molar-refractivity contribution in [3.05, 3.63) is 11.8 Å². The van der Waals surface area contributed by atoms with Gasteiger partial charge in [-0.2, -0.15) is 5.26 Å². The second-order valence-corrected chi connectivity index (χ2v) is 2.41. The van der Waals surface area contributed by atoms with Gasteiger partial charge in [0.05, 0.1) is 6.04 Å². The molecule has 0 aromatic carbocycles. The van der Waals surface area contributed by atoms with Gasteiger partial charge in [0.15, 0.2) is 0 Å². The molecule has 52 valence electrons. The number of aliphatic imine (C=N–C) groups is 1. The van der Waals surface area contributed by atoms with E-state index in [0.29, 0.717) is 5.71 Å². The van der Waals surface area contributed by atoms with Gasteiger partial charge in [0, 0.05) is 6.20 Å². The molecule has 0 fully saturated rings. The van der Waals surface area contributed by atoms with E-state index in [4.69, 9.17) is 11.0 Å². The largest absolute Gasteiger partial charge is 0.322 e. The van der Waals surface area contributed by atoms with Crippen molar-refractivity contribution < 1.29 is 0 Å². The first kappa shape index (κ1) is 6.97. The van der Waals surface area contributed by atoms with E-state index < -0.39 is 0 Å². The molecule has 1 atom stereocenters. The Morgan fingerprint density at radius 1 is 1.90 bits per heavy atom. The third kappa shape index (κ3) is 1.23. The van der Waals surface area contributed by atoms with Gasteiger partial charge < -0.3 is 5.73 Å². The van der Waals surface area contributed by atoms with Gasteiger partial charge in [-0.25, -0.2) is 4.99 Å². The van der Waals surface area contributed by atoms with Crippen LogP contribution >= 0.6 is 0 Å². The van der Waals surface area contributed by atoms with Crippen molar-refractivity contribution in [2.75, 3.05) is 0 Å². The van der Waals surface area contributed by atoms with Gasteiger partial charge in [-0.05, 0) is 13.3 Å². The van der Waals surface area contributed by atoms with E-state index >= 15 is 0 Å². The highest BCUT2D eigenvalue weighted by molar-refractivity contribution is 6.03. The van der Waals surface area contributed by atoms with Gasteiger partial charge in [-0.3, -0.25) is 0 Å². The molecule has 0 amide bonds. The number of nitriles is 1. The lowest BCUT2D eigenvalue weighted by Gasteiger charge is -2.12. The highest BCUT2D eigenvalue weighted by atomic mass is 14.8. The van der Waals surface area contributed by atoms with Gasteiger partial charge in [0.25, 0.3) is 0 Å². The average molecular weight is 135 g/mol. The lowest BCUT2D eigenvalue weighted by molar-refractivity contribution is 0.823. The van der Waals surface area contributed by atoms with E-state index in [2.05, 4.69) is 4.99 Å². The minimum absolute atomic E-state index is 0.185. The van der Waals surface area contributed by atoms with Crippen LogP contribution in [-0.4, -0.2) is 11.8 Å². The van der Waals surface area contributed by atoms with Crippen LogP contribution in [0.5, 0.6) is 0 Å². The Hall–Kier alpha value is -1.14. The van der Waals surface area contributed by atoms with Crippen LogP contribution in [0.2, 0.25) is 0 Å². The van der Waals surface area contributed by atoms with Crippen molar-refractivity contribution in [1.29, 1.82) is 5.26 Å². The molecule has 1 aliphatic heterocycles. The zero-order valence-electron chi connectivity index (χ0n) is 5.83. The van der Waals surface area contributed by atoms with Crippen LogP contribution in [0.3, 0.4) is 0 Å². The van der Waals surface area contributed by atoms with Gasteiger partial charge in [-0.15, -0.1) is 0 Å². The predicted molar refractivity (Wildman–Crippen MR) is 39.4 cm³/mol. The molecule has 0 saturated carbocycles. The fourth-order valence-corrected chi connectivity index (χ4v) is 0.884. The Balaban J connectivity index is 2.84. The number of hydrogen-bond acceptors (Lipinski definition) is 3. The van der Waals surface area contributed by atoms with Crippen molar-refractivity contribution >= 4 is 5.71 Å². The molecule has 1 heterocycles. The molecule has 3 nitrogen and oxygen atoms in total. The third-order valence-electron chi connectivity index (χ3n) is 1.43. The molecule has 2 N–H and O–H groups in total. The lowest BCUT2D eigenvalue weighted by atomic mass is 10.0. The van der Waals surface area contributed by atoms with Crippen LogP contribution in [0.15, 0.2) is 16.8 Å². The smallest absolute Gasteiger partial charge is 0.134 e. The van der Waals surface area contributed by atoms with E-state index in [1.807, 2.05) is 13.0 Å². The van der Waals surface area contributed by atoms with Crippen LogP contribution in [0, 0.1) is 11.3 Å². The summed E-state index contributed by atoms with van der Waals surface area (Å²) in [5.74, 6) is 0. The summed E-state index contributed by atoms with van der Waals surface area (Å²) in [6.45, 7) is 1.96. The van der Waals surface area contributed by atoms with E-state index in [1.54, 1.807) is 6.20 Å². The molecule has 0 radical (unpaired) electrons. The minimum Gasteiger partial charge on any atom is -0.322 e. The second kappa shape index (κ2) is 2.63. The Morgan fingerprint density at radius 2 is 2.60 bits per heavy atom. The quantitative estimate of drug-likeness (QED) is 0.528. The molecular formula is C7H9N3. The topological polar surface area (TPSA) is 62.2 Å². The first-order valence-electron chi connectivity index (χ1n) is 3.13. The fourth-order valence-electron chi connectivity index (χ4n) is 0.884. The molecule has 3 heteroatoms. The van der Waals surface area contributed by atoms with Gasteiger partial charge in [-0.1, -0.05) is 5.57 Å². The summed E-state index contributed by atoms with van der Waals surface area (Å²) < 4.78 is 0. The van der Waals surface area contributed by atoms with E-state index in [-0.39, 0.29) is 6.04 Å². The molecular weight excluding hydrogens is 126 g/mol. The maximum Gasteiger partial charge on any atom is 0.134 e.